The van der Waals surface area contributed by atoms with Crippen molar-refractivity contribution in [2.24, 2.45) is 0 Å². The summed E-state index contributed by atoms with van der Waals surface area (Å²) in [6.45, 7) is -0.121. The van der Waals surface area contributed by atoms with E-state index in [1.54, 1.807) is 0 Å². The molecule has 18 heavy (non-hydrogen) atoms. The SMILES string of the molecule is COC(=O)CCC(=O)NCc1cc(F)ccc1F. The van der Waals surface area contributed by atoms with E-state index in [-0.39, 0.29) is 24.9 Å². The first-order valence-corrected chi connectivity index (χ1v) is 5.30. The molecule has 0 heterocycles. The van der Waals surface area contributed by atoms with E-state index < -0.39 is 23.5 Å². The molecule has 98 valence electrons. The van der Waals surface area contributed by atoms with Gasteiger partial charge in [0.1, 0.15) is 11.6 Å². The zero-order valence-electron chi connectivity index (χ0n) is 9.83. The topological polar surface area (TPSA) is 55.4 Å². The lowest BCUT2D eigenvalue weighted by atomic mass is 10.2. The third-order valence-electron chi connectivity index (χ3n) is 2.27. The van der Waals surface area contributed by atoms with E-state index in [2.05, 4.69) is 10.1 Å². The Hall–Kier alpha value is -1.98. The minimum absolute atomic E-state index is 0.0477. The number of carbonyl (C=O) groups excluding carboxylic acids is 2. The number of hydrogen-bond acceptors (Lipinski definition) is 3. The maximum atomic E-state index is 13.2. The zero-order chi connectivity index (χ0) is 13.5. The summed E-state index contributed by atoms with van der Waals surface area (Å²) < 4.78 is 30.4. The lowest BCUT2D eigenvalue weighted by molar-refractivity contribution is -0.142. The van der Waals surface area contributed by atoms with Crippen molar-refractivity contribution in [1.82, 2.24) is 5.32 Å². The van der Waals surface area contributed by atoms with Gasteiger partial charge in [-0.3, -0.25) is 9.59 Å². The van der Waals surface area contributed by atoms with Crippen LogP contribution >= 0.6 is 0 Å². The Labute approximate surface area is 103 Å². The van der Waals surface area contributed by atoms with Crippen molar-refractivity contribution in [1.29, 1.82) is 0 Å². The second-order valence-corrected chi connectivity index (χ2v) is 3.59. The van der Waals surface area contributed by atoms with Crippen LogP contribution in [0.4, 0.5) is 8.78 Å². The van der Waals surface area contributed by atoms with Gasteiger partial charge in [-0.1, -0.05) is 0 Å². The average molecular weight is 257 g/mol. The van der Waals surface area contributed by atoms with Crippen molar-refractivity contribution in [3.63, 3.8) is 0 Å². The molecule has 0 unspecified atom stereocenters. The summed E-state index contributed by atoms with van der Waals surface area (Å²) in [5, 5.41) is 2.39. The number of ether oxygens (including phenoxy) is 1. The summed E-state index contributed by atoms with van der Waals surface area (Å²) in [6, 6.07) is 3.00. The summed E-state index contributed by atoms with van der Waals surface area (Å²) in [6.07, 6.45) is -0.0996. The fourth-order valence-electron chi connectivity index (χ4n) is 1.28. The van der Waals surface area contributed by atoms with Crippen LogP contribution in [0.2, 0.25) is 0 Å². The number of hydrogen-bond donors (Lipinski definition) is 1. The molecule has 1 aromatic rings. The molecule has 0 fully saturated rings. The van der Waals surface area contributed by atoms with Crippen LogP contribution < -0.4 is 5.32 Å². The third kappa shape index (κ3) is 4.48. The summed E-state index contributed by atoms with van der Waals surface area (Å²) >= 11 is 0. The second-order valence-electron chi connectivity index (χ2n) is 3.59. The Morgan fingerprint density at radius 1 is 1.28 bits per heavy atom. The van der Waals surface area contributed by atoms with Gasteiger partial charge in [-0.25, -0.2) is 8.78 Å². The lowest BCUT2D eigenvalue weighted by Gasteiger charge is -2.06. The van der Waals surface area contributed by atoms with Gasteiger partial charge in [0.2, 0.25) is 5.91 Å². The highest BCUT2D eigenvalue weighted by atomic mass is 19.1. The number of methoxy groups -OCH3 is 1. The van der Waals surface area contributed by atoms with E-state index >= 15 is 0 Å². The lowest BCUT2D eigenvalue weighted by Crippen LogP contribution is -2.24. The van der Waals surface area contributed by atoms with E-state index in [1.807, 2.05) is 0 Å². The van der Waals surface area contributed by atoms with Crippen LogP contribution in [0, 0.1) is 11.6 Å². The Bertz CT molecular complexity index is 449. The predicted octanol–water partition coefficient (Wildman–Crippen LogP) is 1.53. The smallest absolute Gasteiger partial charge is 0.306 e. The van der Waals surface area contributed by atoms with Gasteiger partial charge in [-0.2, -0.15) is 0 Å². The van der Waals surface area contributed by atoms with Crippen molar-refractivity contribution in [3.8, 4) is 0 Å². The first-order valence-electron chi connectivity index (χ1n) is 5.30. The van der Waals surface area contributed by atoms with E-state index in [9.17, 15) is 18.4 Å². The molecule has 0 radical (unpaired) electrons. The first kappa shape index (κ1) is 14.1. The number of halogens is 2. The maximum absolute atomic E-state index is 13.2. The Kier molecular flexibility index (Phi) is 5.23. The Morgan fingerprint density at radius 3 is 2.67 bits per heavy atom. The third-order valence-corrected chi connectivity index (χ3v) is 2.27. The van der Waals surface area contributed by atoms with Crippen LogP contribution in [0.1, 0.15) is 18.4 Å². The number of rotatable bonds is 5. The molecule has 1 amide bonds. The molecular formula is C12H13F2NO3. The molecule has 1 N–H and O–H groups in total. The summed E-state index contributed by atoms with van der Waals surface area (Å²) in [7, 11) is 1.22. The van der Waals surface area contributed by atoms with Crippen LogP contribution in [0.5, 0.6) is 0 Å². The van der Waals surface area contributed by atoms with Gasteiger partial charge < -0.3 is 10.1 Å². The average Bonchev–Trinajstić information content (AvgIpc) is 2.36. The minimum Gasteiger partial charge on any atom is -0.469 e. The molecule has 0 saturated heterocycles. The van der Waals surface area contributed by atoms with E-state index in [0.717, 1.165) is 18.2 Å². The second kappa shape index (κ2) is 6.68. The number of benzene rings is 1. The predicted molar refractivity (Wildman–Crippen MR) is 59.5 cm³/mol. The summed E-state index contributed by atoms with van der Waals surface area (Å²) in [5.41, 5.74) is 0.0569. The van der Waals surface area contributed by atoms with Crippen molar-refractivity contribution >= 4 is 11.9 Å². The van der Waals surface area contributed by atoms with Gasteiger partial charge in [0.05, 0.1) is 13.5 Å². The van der Waals surface area contributed by atoms with Gasteiger partial charge in [-0.05, 0) is 18.2 Å². The molecule has 0 aliphatic carbocycles. The molecule has 0 aliphatic heterocycles. The zero-order valence-corrected chi connectivity index (χ0v) is 9.83. The molecule has 0 spiro atoms. The maximum Gasteiger partial charge on any atom is 0.306 e. The largest absolute Gasteiger partial charge is 0.469 e. The van der Waals surface area contributed by atoms with Crippen molar-refractivity contribution in [3.05, 3.63) is 35.4 Å². The molecule has 0 aromatic heterocycles. The first-order chi connectivity index (χ1) is 8.52. The van der Waals surface area contributed by atoms with Crippen molar-refractivity contribution in [2.75, 3.05) is 7.11 Å². The van der Waals surface area contributed by atoms with Crippen LogP contribution in [0.15, 0.2) is 18.2 Å². The normalized spacial score (nSPS) is 9.94. The van der Waals surface area contributed by atoms with E-state index in [4.69, 9.17) is 0 Å². The molecule has 0 aliphatic rings. The highest BCUT2D eigenvalue weighted by Crippen LogP contribution is 2.09. The fourth-order valence-corrected chi connectivity index (χ4v) is 1.28. The van der Waals surface area contributed by atoms with Gasteiger partial charge in [0.25, 0.3) is 0 Å². The van der Waals surface area contributed by atoms with Crippen LogP contribution in [-0.2, 0) is 20.9 Å². The molecule has 4 nitrogen and oxygen atoms in total. The molecule has 0 atom stereocenters. The van der Waals surface area contributed by atoms with Crippen molar-refractivity contribution < 1.29 is 23.1 Å². The monoisotopic (exact) mass is 257 g/mol. The summed E-state index contributed by atoms with van der Waals surface area (Å²) in [5.74, 6) is -2.09. The number of nitrogens with one attached hydrogen (secondary N) is 1. The Balaban J connectivity index is 2.42. The molecule has 0 bridgehead atoms. The highest BCUT2D eigenvalue weighted by molar-refractivity contribution is 5.81. The van der Waals surface area contributed by atoms with Gasteiger partial charge in [0.15, 0.2) is 0 Å². The molecule has 1 rings (SSSR count). The minimum atomic E-state index is -0.593. The van der Waals surface area contributed by atoms with Crippen molar-refractivity contribution in [2.45, 2.75) is 19.4 Å². The molecule has 0 saturated carbocycles. The fraction of sp³-hybridized carbons (Fsp3) is 0.333. The highest BCUT2D eigenvalue weighted by Gasteiger charge is 2.08. The number of esters is 1. The molecule has 6 heteroatoms. The van der Waals surface area contributed by atoms with Gasteiger partial charge in [-0.15, -0.1) is 0 Å². The standard InChI is InChI=1S/C12H13F2NO3/c1-18-12(17)5-4-11(16)15-7-8-6-9(13)2-3-10(8)14/h2-3,6H,4-5,7H2,1H3,(H,15,16). The van der Waals surface area contributed by atoms with Gasteiger partial charge >= 0.3 is 5.97 Å². The van der Waals surface area contributed by atoms with E-state index in [0.29, 0.717) is 0 Å². The van der Waals surface area contributed by atoms with Crippen LogP contribution in [0.3, 0.4) is 0 Å². The number of carbonyl (C=O) groups is 2. The summed E-state index contributed by atoms with van der Waals surface area (Å²) in [4.78, 5) is 22.1. The Morgan fingerprint density at radius 2 is 2.00 bits per heavy atom. The van der Waals surface area contributed by atoms with Gasteiger partial charge in [0, 0.05) is 18.5 Å². The van der Waals surface area contributed by atoms with Crippen LogP contribution in [-0.4, -0.2) is 19.0 Å². The van der Waals surface area contributed by atoms with Crippen LogP contribution in [0.25, 0.3) is 0 Å². The number of amides is 1. The molecule has 1 aromatic carbocycles. The van der Waals surface area contributed by atoms with E-state index in [1.165, 1.54) is 7.11 Å². The quantitative estimate of drug-likeness (QED) is 0.814. The molecular weight excluding hydrogens is 244 g/mol.